The highest BCUT2D eigenvalue weighted by Gasteiger charge is 2.16. The number of nitrogens with zero attached hydrogens (tertiary/aromatic N) is 3. The molecule has 0 aliphatic heterocycles. The molecule has 0 saturated carbocycles. The summed E-state index contributed by atoms with van der Waals surface area (Å²) in [5.41, 5.74) is 4.71. The van der Waals surface area contributed by atoms with E-state index in [1.165, 1.54) is 28.5 Å². The number of thioether (sulfide) groups is 1. The molecule has 5 nitrogen and oxygen atoms in total. The van der Waals surface area contributed by atoms with Crippen LogP contribution in [0.3, 0.4) is 0 Å². The summed E-state index contributed by atoms with van der Waals surface area (Å²) in [4.78, 5) is 12.6. The van der Waals surface area contributed by atoms with E-state index < -0.39 is 0 Å². The summed E-state index contributed by atoms with van der Waals surface area (Å²) in [5, 5.41) is 12.3. The van der Waals surface area contributed by atoms with Crippen LogP contribution in [0.2, 0.25) is 0 Å². The lowest BCUT2D eigenvalue weighted by atomic mass is 9.88. The molecule has 4 rings (SSSR count). The largest absolute Gasteiger partial charge is 0.355 e. The van der Waals surface area contributed by atoms with E-state index in [2.05, 4.69) is 83.1 Å². The summed E-state index contributed by atoms with van der Waals surface area (Å²) in [7, 11) is 0. The van der Waals surface area contributed by atoms with Crippen molar-refractivity contribution >= 4 is 17.7 Å². The van der Waals surface area contributed by atoms with Gasteiger partial charge in [0.15, 0.2) is 5.16 Å². The van der Waals surface area contributed by atoms with Crippen molar-refractivity contribution in [3.63, 3.8) is 0 Å². The third kappa shape index (κ3) is 5.90. The maximum atomic E-state index is 12.6. The standard InChI is InChI=1S/C27H28N4OS/c1-20-13-15-24(16-14-20)31-21(2)29-30-27(31)33-19-26(32)28-18-17-25(22-9-5-3-6-10-22)23-11-7-4-8-12-23/h3-16,25H,17-19H2,1-2H3,(H,28,32). The van der Waals surface area contributed by atoms with Crippen LogP contribution in [0, 0.1) is 13.8 Å². The fourth-order valence-corrected chi connectivity index (χ4v) is 4.69. The zero-order valence-electron chi connectivity index (χ0n) is 18.9. The van der Waals surface area contributed by atoms with Gasteiger partial charge in [-0.1, -0.05) is 90.1 Å². The quantitative estimate of drug-likeness (QED) is 0.347. The number of amides is 1. The minimum atomic E-state index is -0.00372. The maximum Gasteiger partial charge on any atom is 0.230 e. The Labute approximate surface area is 199 Å². The molecule has 1 N–H and O–H groups in total. The molecule has 0 aliphatic carbocycles. The van der Waals surface area contributed by atoms with E-state index in [4.69, 9.17) is 0 Å². The molecule has 0 bridgehead atoms. The highest BCUT2D eigenvalue weighted by molar-refractivity contribution is 7.99. The normalized spacial score (nSPS) is 11.0. The van der Waals surface area contributed by atoms with E-state index in [1.807, 2.05) is 35.8 Å². The molecule has 0 saturated heterocycles. The Bertz CT molecular complexity index is 1130. The van der Waals surface area contributed by atoms with Crippen molar-refractivity contribution in [1.82, 2.24) is 20.1 Å². The van der Waals surface area contributed by atoms with E-state index in [0.29, 0.717) is 12.3 Å². The van der Waals surface area contributed by atoms with Gasteiger partial charge < -0.3 is 5.32 Å². The highest BCUT2D eigenvalue weighted by atomic mass is 32.2. The average molecular weight is 457 g/mol. The average Bonchev–Trinajstić information content (AvgIpc) is 3.22. The Hall–Kier alpha value is -3.38. The van der Waals surface area contributed by atoms with Crippen LogP contribution in [-0.4, -0.2) is 33.0 Å². The van der Waals surface area contributed by atoms with Crippen LogP contribution in [0.25, 0.3) is 5.69 Å². The molecule has 1 amide bonds. The number of rotatable bonds is 9. The van der Waals surface area contributed by atoms with Gasteiger partial charge in [-0.2, -0.15) is 0 Å². The minimum absolute atomic E-state index is 0.00372. The van der Waals surface area contributed by atoms with Crippen LogP contribution >= 0.6 is 11.8 Å². The lowest BCUT2D eigenvalue weighted by Gasteiger charge is -2.18. The van der Waals surface area contributed by atoms with Gasteiger partial charge in [-0.15, -0.1) is 10.2 Å². The van der Waals surface area contributed by atoms with Crippen molar-refractivity contribution in [1.29, 1.82) is 0 Å². The van der Waals surface area contributed by atoms with Gasteiger partial charge in [-0.25, -0.2) is 0 Å². The number of hydrogen-bond donors (Lipinski definition) is 1. The van der Waals surface area contributed by atoms with Gasteiger partial charge in [0.1, 0.15) is 5.82 Å². The van der Waals surface area contributed by atoms with Gasteiger partial charge in [0, 0.05) is 18.2 Å². The molecule has 33 heavy (non-hydrogen) atoms. The summed E-state index contributed by atoms with van der Waals surface area (Å²) in [6, 6.07) is 29.1. The van der Waals surface area contributed by atoms with Crippen LogP contribution in [0.15, 0.2) is 90.1 Å². The maximum absolute atomic E-state index is 12.6. The number of nitrogens with one attached hydrogen (secondary N) is 1. The summed E-state index contributed by atoms with van der Waals surface area (Å²) in [6.07, 6.45) is 0.836. The smallest absolute Gasteiger partial charge is 0.230 e. The number of aromatic nitrogens is 3. The van der Waals surface area contributed by atoms with Gasteiger partial charge in [0.05, 0.1) is 5.75 Å². The summed E-state index contributed by atoms with van der Waals surface area (Å²) >= 11 is 1.40. The Kier molecular flexibility index (Phi) is 7.58. The predicted octanol–water partition coefficient (Wildman–Crippen LogP) is 5.31. The van der Waals surface area contributed by atoms with Crippen LogP contribution < -0.4 is 5.32 Å². The third-order valence-corrected chi connectivity index (χ3v) is 6.51. The molecule has 0 atom stereocenters. The lowest BCUT2D eigenvalue weighted by Crippen LogP contribution is -2.27. The monoisotopic (exact) mass is 456 g/mol. The molecular formula is C27H28N4OS. The minimum Gasteiger partial charge on any atom is -0.355 e. The second-order valence-corrected chi connectivity index (χ2v) is 8.94. The van der Waals surface area contributed by atoms with Crippen molar-refractivity contribution in [3.8, 4) is 5.69 Å². The first-order chi connectivity index (χ1) is 16.1. The first kappa shape index (κ1) is 22.8. The van der Waals surface area contributed by atoms with Crippen LogP contribution in [0.5, 0.6) is 0 Å². The number of carbonyl (C=O) groups excluding carboxylic acids is 1. The first-order valence-electron chi connectivity index (χ1n) is 11.1. The van der Waals surface area contributed by atoms with Crippen molar-refractivity contribution in [3.05, 3.63) is 107 Å². The SMILES string of the molecule is Cc1ccc(-n2c(C)nnc2SCC(=O)NCCC(c2ccccc2)c2ccccc2)cc1. The van der Waals surface area contributed by atoms with Crippen LogP contribution in [0.4, 0.5) is 0 Å². The second-order valence-electron chi connectivity index (χ2n) is 8.00. The predicted molar refractivity (Wildman–Crippen MR) is 134 cm³/mol. The second kappa shape index (κ2) is 11.0. The third-order valence-electron chi connectivity index (χ3n) is 5.58. The number of aryl methyl sites for hydroxylation is 2. The van der Waals surface area contributed by atoms with Gasteiger partial charge in [0.2, 0.25) is 5.91 Å². The fourth-order valence-electron chi connectivity index (χ4n) is 3.86. The molecule has 3 aromatic carbocycles. The zero-order chi connectivity index (χ0) is 23.0. The molecule has 0 unspecified atom stereocenters. The molecule has 1 heterocycles. The lowest BCUT2D eigenvalue weighted by molar-refractivity contribution is -0.118. The summed E-state index contributed by atoms with van der Waals surface area (Å²) in [6.45, 7) is 4.59. The summed E-state index contributed by atoms with van der Waals surface area (Å²) < 4.78 is 1.98. The number of hydrogen-bond acceptors (Lipinski definition) is 4. The van der Waals surface area contributed by atoms with Crippen molar-refractivity contribution < 1.29 is 4.79 Å². The molecule has 6 heteroatoms. The Morgan fingerprint density at radius 1 is 0.879 bits per heavy atom. The van der Waals surface area contributed by atoms with Gasteiger partial charge >= 0.3 is 0 Å². The van der Waals surface area contributed by atoms with E-state index in [9.17, 15) is 4.79 Å². The molecule has 0 fully saturated rings. The van der Waals surface area contributed by atoms with Gasteiger partial charge in [-0.3, -0.25) is 9.36 Å². The molecule has 0 radical (unpaired) electrons. The van der Waals surface area contributed by atoms with E-state index in [1.54, 1.807) is 0 Å². The van der Waals surface area contributed by atoms with Crippen molar-refractivity contribution in [2.45, 2.75) is 31.3 Å². The highest BCUT2D eigenvalue weighted by Crippen LogP contribution is 2.27. The van der Waals surface area contributed by atoms with E-state index in [0.717, 1.165) is 23.1 Å². The van der Waals surface area contributed by atoms with Crippen molar-refractivity contribution in [2.24, 2.45) is 0 Å². The van der Waals surface area contributed by atoms with E-state index in [-0.39, 0.29) is 11.8 Å². The van der Waals surface area contributed by atoms with E-state index >= 15 is 0 Å². The molecule has 168 valence electrons. The summed E-state index contributed by atoms with van der Waals surface area (Å²) in [5.74, 6) is 1.34. The molecule has 0 aliphatic rings. The molecule has 0 spiro atoms. The first-order valence-corrected chi connectivity index (χ1v) is 12.1. The van der Waals surface area contributed by atoms with Crippen molar-refractivity contribution in [2.75, 3.05) is 12.3 Å². The molecule has 4 aromatic rings. The topological polar surface area (TPSA) is 59.8 Å². The van der Waals surface area contributed by atoms with Gasteiger partial charge in [-0.05, 0) is 43.5 Å². The molecule has 1 aromatic heterocycles. The fraction of sp³-hybridized carbons (Fsp3) is 0.222. The Balaban J connectivity index is 1.35. The Morgan fingerprint density at radius 3 is 2.09 bits per heavy atom. The van der Waals surface area contributed by atoms with Crippen LogP contribution in [0.1, 0.15) is 34.9 Å². The Morgan fingerprint density at radius 2 is 1.48 bits per heavy atom. The molecular weight excluding hydrogens is 428 g/mol. The zero-order valence-corrected chi connectivity index (χ0v) is 19.8. The van der Waals surface area contributed by atoms with Gasteiger partial charge in [0.25, 0.3) is 0 Å². The number of benzene rings is 3. The number of carbonyl (C=O) groups is 1. The van der Waals surface area contributed by atoms with Crippen LogP contribution in [-0.2, 0) is 4.79 Å².